The summed E-state index contributed by atoms with van der Waals surface area (Å²) < 4.78 is 0. The van der Waals surface area contributed by atoms with E-state index in [2.05, 4.69) is 37.9 Å². The molecule has 1 aromatic rings. The first-order valence-electron chi connectivity index (χ1n) is 6.04. The number of amidine groups is 1. The van der Waals surface area contributed by atoms with Crippen molar-refractivity contribution in [3.63, 3.8) is 0 Å². The van der Waals surface area contributed by atoms with Crippen molar-refractivity contribution < 1.29 is 0 Å². The largest absolute Gasteiger partial charge is 0.321 e. The lowest BCUT2D eigenvalue weighted by atomic mass is 10.1. The van der Waals surface area contributed by atoms with Crippen LogP contribution in [0.2, 0.25) is 0 Å². The third kappa shape index (κ3) is 2.54. The maximum atomic E-state index is 7.75. The Bertz CT molecular complexity index is 451. The van der Waals surface area contributed by atoms with E-state index in [0.717, 1.165) is 25.1 Å². The summed E-state index contributed by atoms with van der Waals surface area (Å²) in [5, 5.41) is 7.75. The monoisotopic (exact) mass is 229 g/mol. The summed E-state index contributed by atoms with van der Waals surface area (Å²) in [6.07, 6.45) is 3.74. The zero-order valence-corrected chi connectivity index (χ0v) is 10.7. The summed E-state index contributed by atoms with van der Waals surface area (Å²) in [7, 11) is 0. The molecule has 17 heavy (non-hydrogen) atoms. The first kappa shape index (κ1) is 11.8. The number of nitrogens with one attached hydrogen (secondary N) is 1. The van der Waals surface area contributed by atoms with Gasteiger partial charge in [-0.05, 0) is 38.3 Å². The molecule has 0 amide bonds. The van der Waals surface area contributed by atoms with Gasteiger partial charge in [0.05, 0.1) is 12.0 Å². The van der Waals surface area contributed by atoms with Gasteiger partial charge in [-0.15, -0.1) is 0 Å². The molecule has 0 spiro atoms. The molecule has 1 heterocycles. The molecular weight excluding hydrogens is 210 g/mol. The van der Waals surface area contributed by atoms with E-state index in [1.807, 2.05) is 4.90 Å². The molecule has 1 aromatic carbocycles. The summed E-state index contributed by atoms with van der Waals surface area (Å²) in [6, 6.07) is 4.30. The Kier molecular flexibility index (Phi) is 3.27. The van der Waals surface area contributed by atoms with E-state index in [1.165, 1.54) is 16.7 Å². The SMILES string of the molecule is Cc1cc(C)c(N=CN2CCCC2=N)c(C)c1. The quantitative estimate of drug-likeness (QED) is 0.613. The van der Waals surface area contributed by atoms with E-state index in [-0.39, 0.29) is 0 Å². The fraction of sp³-hybridized carbons (Fsp3) is 0.429. The molecule has 0 saturated carbocycles. The minimum Gasteiger partial charge on any atom is -0.321 e. The highest BCUT2D eigenvalue weighted by Gasteiger charge is 2.14. The Labute approximate surface area is 103 Å². The minimum absolute atomic E-state index is 0.677. The van der Waals surface area contributed by atoms with Gasteiger partial charge in [0.15, 0.2) is 0 Å². The van der Waals surface area contributed by atoms with Crippen LogP contribution in [0.3, 0.4) is 0 Å². The first-order chi connectivity index (χ1) is 8.08. The van der Waals surface area contributed by atoms with Crippen LogP contribution in [0.5, 0.6) is 0 Å². The highest BCUT2D eigenvalue weighted by Crippen LogP contribution is 2.24. The average Bonchev–Trinajstić information content (AvgIpc) is 2.62. The second-order valence-corrected chi connectivity index (χ2v) is 4.74. The van der Waals surface area contributed by atoms with Gasteiger partial charge < -0.3 is 4.90 Å². The molecule has 0 aliphatic carbocycles. The molecule has 0 bridgehead atoms. The van der Waals surface area contributed by atoms with Crippen molar-refractivity contribution in [3.05, 3.63) is 28.8 Å². The van der Waals surface area contributed by atoms with Crippen LogP contribution in [0.25, 0.3) is 0 Å². The molecule has 1 saturated heterocycles. The third-order valence-electron chi connectivity index (χ3n) is 3.12. The molecule has 3 nitrogen and oxygen atoms in total. The van der Waals surface area contributed by atoms with Crippen molar-refractivity contribution in [2.75, 3.05) is 6.54 Å². The van der Waals surface area contributed by atoms with Crippen molar-refractivity contribution in [1.29, 1.82) is 5.41 Å². The van der Waals surface area contributed by atoms with Gasteiger partial charge >= 0.3 is 0 Å². The standard InChI is InChI=1S/C14H19N3/c1-10-7-11(2)14(12(3)8-10)16-9-17-6-4-5-13(17)15/h7-9,15H,4-6H2,1-3H3. The molecule has 1 aliphatic heterocycles. The van der Waals surface area contributed by atoms with Gasteiger partial charge in [-0.1, -0.05) is 17.7 Å². The lowest BCUT2D eigenvalue weighted by Gasteiger charge is -2.12. The van der Waals surface area contributed by atoms with Crippen LogP contribution in [0.1, 0.15) is 29.5 Å². The highest BCUT2D eigenvalue weighted by atomic mass is 15.2. The van der Waals surface area contributed by atoms with Gasteiger partial charge in [-0.25, -0.2) is 4.99 Å². The number of aliphatic imine (C=N–C) groups is 1. The van der Waals surface area contributed by atoms with E-state index in [1.54, 1.807) is 6.34 Å². The molecule has 0 atom stereocenters. The summed E-state index contributed by atoms with van der Waals surface area (Å²) in [6.45, 7) is 7.19. The zero-order valence-electron chi connectivity index (χ0n) is 10.7. The number of hydrogen-bond acceptors (Lipinski definition) is 2. The van der Waals surface area contributed by atoms with Gasteiger partial charge in [-0.3, -0.25) is 5.41 Å². The smallest absolute Gasteiger partial charge is 0.101 e. The summed E-state index contributed by atoms with van der Waals surface area (Å²) in [5.41, 5.74) is 4.71. The Morgan fingerprint density at radius 2 is 1.88 bits per heavy atom. The lowest BCUT2D eigenvalue weighted by Crippen LogP contribution is -2.21. The zero-order chi connectivity index (χ0) is 12.4. The van der Waals surface area contributed by atoms with Crippen molar-refractivity contribution >= 4 is 17.9 Å². The topological polar surface area (TPSA) is 39.5 Å². The normalized spacial score (nSPS) is 16.2. The molecule has 1 N–H and O–H groups in total. The average molecular weight is 229 g/mol. The Hall–Kier alpha value is -1.64. The molecule has 0 aromatic heterocycles. The predicted octanol–water partition coefficient (Wildman–Crippen LogP) is 3.34. The fourth-order valence-electron chi connectivity index (χ4n) is 2.33. The number of rotatable bonds is 2. The van der Waals surface area contributed by atoms with E-state index >= 15 is 0 Å². The van der Waals surface area contributed by atoms with Crippen molar-refractivity contribution in [3.8, 4) is 0 Å². The Morgan fingerprint density at radius 3 is 2.41 bits per heavy atom. The number of aryl methyl sites for hydroxylation is 3. The summed E-state index contributed by atoms with van der Waals surface area (Å²) >= 11 is 0. The van der Waals surface area contributed by atoms with Crippen LogP contribution < -0.4 is 0 Å². The Balaban J connectivity index is 2.24. The van der Waals surface area contributed by atoms with E-state index in [4.69, 9.17) is 5.41 Å². The molecule has 3 heteroatoms. The molecule has 90 valence electrons. The third-order valence-corrected chi connectivity index (χ3v) is 3.12. The fourth-order valence-corrected chi connectivity index (χ4v) is 2.33. The van der Waals surface area contributed by atoms with Crippen LogP contribution in [0, 0.1) is 26.2 Å². The van der Waals surface area contributed by atoms with Gasteiger partial charge in [0.1, 0.15) is 5.84 Å². The molecule has 0 unspecified atom stereocenters. The number of likely N-dealkylation sites (tertiary alicyclic amines) is 1. The molecule has 1 aliphatic rings. The minimum atomic E-state index is 0.677. The van der Waals surface area contributed by atoms with Crippen molar-refractivity contribution in [1.82, 2.24) is 4.90 Å². The van der Waals surface area contributed by atoms with Crippen molar-refractivity contribution in [2.24, 2.45) is 4.99 Å². The van der Waals surface area contributed by atoms with Gasteiger partial charge in [-0.2, -0.15) is 0 Å². The van der Waals surface area contributed by atoms with Crippen LogP contribution in [0.15, 0.2) is 17.1 Å². The highest BCUT2D eigenvalue weighted by molar-refractivity contribution is 5.92. The maximum absolute atomic E-state index is 7.75. The molecule has 0 radical (unpaired) electrons. The molecule has 1 fully saturated rings. The summed E-state index contributed by atoms with van der Waals surface area (Å²) in [4.78, 5) is 6.47. The van der Waals surface area contributed by atoms with E-state index in [9.17, 15) is 0 Å². The maximum Gasteiger partial charge on any atom is 0.101 e. The molecular formula is C14H19N3. The number of nitrogens with zero attached hydrogens (tertiary/aromatic N) is 2. The van der Waals surface area contributed by atoms with E-state index in [0.29, 0.717) is 5.84 Å². The predicted molar refractivity (Wildman–Crippen MR) is 72.5 cm³/mol. The van der Waals surface area contributed by atoms with Gasteiger partial charge in [0.2, 0.25) is 0 Å². The second kappa shape index (κ2) is 4.70. The second-order valence-electron chi connectivity index (χ2n) is 4.74. The number of hydrogen-bond donors (Lipinski definition) is 1. The van der Waals surface area contributed by atoms with Crippen LogP contribution in [-0.2, 0) is 0 Å². The van der Waals surface area contributed by atoms with Gasteiger partial charge in [0.25, 0.3) is 0 Å². The van der Waals surface area contributed by atoms with Crippen LogP contribution in [-0.4, -0.2) is 23.6 Å². The lowest BCUT2D eigenvalue weighted by molar-refractivity contribution is 0.670. The van der Waals surface area contributed by atoms with E-state index < -0.39 is 0 Å². The summed E-state index contributed by atoms with van der Waals surface area (Å²) in [5.74, 6) is 0.677. The number of benzene rings is 1. The van der Waals surface area contributed by atoms with Crippen molar-refractivity contribution in [2.45, 2.75) is 33.6 Å². The Morgan fingerprint density at radius 1 is 1.24 bits per heavy atom. The first-order valence-corrected chi connectivity index (χ1v) is 6.04. The van der Waals surface area contributed by atoms with Gasteiger partial charge in [0, 0.05) is 13.0 Å². The van der Waals surface area contributed by atoms with Crippen LogP contribution in [0.4, 0.5) is 5.69 Å². The van der Waals surface area contributed by atoms with Crippen LogP contribution >= 0.6 is 0 Å². The molecule has 2 rings (SSSR count).